The first-order chi connectivity index (χ1) is 4.41. The van der Waals surface area contributed by atoms with E-state index >= 15 is 0 Å². The molecule has 0 saturated heterocycles. The highest BCUT2D eigenvalue weighted by atomic mass is 19.1. The Hall–Kier alpha value is -0.570. The van der Waals surface area contributed by atoms with Gasteiger partial charge in [0.05, 0.1) is 7.18 Å². The van der Waals surface area contributed by atoms with E-state index < -0.39 is 0 Å². The smallest absolute Gasteiger partial charge is 0.0785 e. The molecule has 3 heteroatoms. The van der Waals surface area contributed by atoms with Crippen LogP contribution < -0.4 is 11.1 Å². The maximum Gasteiger partial charge on any atom is 0.0785 e. The van der Waals surface area contributed by atoms with Gasteiger partial charge in [-0.2, -0.15) is 0 Å². The summed E-state index contributed by atoms with van der Waals surface area (Å²) in [6, 6.07) is 0. The van der Waals surface area contributed by atoms with E-state index in [1.165, 1.54) is 0 Å². The molecule has 0 aromatic rings. The van der Waals surface area contributed by atoms with E-state index in [-0.39, 0.29) is 0 Å². The Morgan fingerprint density at radius 1 is 1.56 bits per heavy atom. The summed E-state index contributed by atoms with van der Waals surface area (Å²) in [4.78, 5) is 0. The molecule has 0 radical (unpaired) electrons. The van der Waals surface area contributed by atoms with Gasteiger partial charge in [0, 0.05) is 6.54 Å². The maximum atomic E-state index is 9.50. The largest absolute Gasteiger partial charge is 0.405 e. The summed E-state index contributed by atoms with van der Waals surface area (Å²) in [7, 11) is 0.500. The number of hydrogen-bond donors (Lipinski definition) is 2. The molecule has 0 aliphatic carbocycles. The van der Waals surface area contributed by atoms with Crippen molar-refractivity contribution in [3.8, 4) is 0 Å². The van der Waals surface area contributed by atoms with Crippen molar-refractivity contribution >= 4 is 0 Å². The summed E-state index contributed by atoms with van der Waals surface area (Å²) < 4.78 is 9.50. The minimum Gasteiger partial charge on any atom is -0.405 e. The Morgan fingerprint density at radius 3 is 2.44 bits per heavy atom. The number of likely N-dealkylation sites (N-methyl/N-ethyl adjacent to an activating group) is 1. The summed E-state index contributed by atoms with van der Waals surface area (Å²) in [6.45, 7) is 3.95. The van der Waals surface area contributed by atoms with Crippen LogP contribution in [0.5, 0.6) is 0 Å². The van der Waals surface area contributed by atoms with Crippen LogP contribution >= 0.6 is 0 Å². The fourth-order valence-corrected chi connectivity index (χ4v) is 0.296. The lowest BCUT2D eigenvalue weighted by Gasteiger charge is -1.89. The molecule has 3 N–H and O–H groups in total. The van der Waals surface area contributed by atoms with Crippen molar-refractivity contribution in [1.82, 2.24) is 5.32 Å². The molecule has 0 bridgehead atoms. The van der Waals surface area contributed by atoms with Crippen LogP contribution in [-0.2, 0) is 0 Å². The third-order valence-corrected chi connectivity index (χ3v) is 0.648. The van der Waals surface area contributed by atoms with Crippen LogP contribution in [0.3, 0.4) is 0 Å². The summed E-state index contributed by atoms with van der Waals surface area (Å²) in [5, 5.41) is 3.08. The van der Waals surface area contributed by atoms with E-state index in [0.29, 0.717) is 7.18 Å². The monoisotopic (exact) mass is 134 g/mol. The Labute approximate surface area is 55.9 Å². The van der Waals surface area contributed by atoms with Crippen LogP contribution in [-0.4, -0.2) is 20.3 Å². The van der Waals surface area contributed by atoms with Crippen LogP contribution in [0.1, 0.15) is 6.92 Å². The Balaban J connectivity index is 0. The average Bonchev–Trinajstić information content (AvgIpc) is 1.94. The highest BCUT2D eigenvalue weighted by molar-refractivity contribution is 4.77. The lowest BCUT2D eigenvalue weighted by atomic mass is 10.6. The molecule has 0 spiro atoms. The number of alkyl halides is 1. The van der Waals surface area contributed by atoms with E-state index in [1.807, 2.05) is 6.08 Å². The zero-order valence-corrected chi connectivity index (χ0v) is 6.02. The summed E-state index contributed by atoms with van der Waals surface area (Å²) in [5.41, 5.74) is 5.05. The molecule has 0 amide bonds. The molecule has 0 rings (SSSR count). The Kier molecular flexibility index (Phi) is 19.6. The summed E-state index contributed by atoms with van der Waals surface area (Å²) in [6.07, 6.45) is 3.42. The van der Waals surface area contributed by atoms with Crippen molar-refractivity contribution in [2.75, 3.05) is 20.3 Å². The van der Waals surface area contributed by atoms with Crippen LogP contribution in [0.25, 0.3) is 0 Å². The number of hydrogen-bond acceptors (Lipinski definition) is 2. The minimum absolute atomic E-state index is 0.500. The Bertz CT molecular complexity index is 55.0. The standard InChI is InChI=1S/C5H12N2.CH3F/c1-2-7-5-3-4-6;1-2/h3-4,7H,2,5-6H2,1H3;1H3/b4-3-;. The third kappa shape index (κ3) is 18.6. The molecule has 0 heterocycles. The molecule has 0 unspecified atom stereocenters. The van der Waals surface area contributed by atoms with Crippen LogP contribution in [0.15, 0.2) is 12.3 Å². The fraction of sp³-hybridized carbons (Fsp3) is 0.667. The van der Waals surface area contributed by atoms with Gasteiger partial charge in [-0.05, 0) is 12.7 Å². The van der Waals surface area contributed by atoms with E-state index in [2.05, 4.69) is 12.2 Å². The van der Waals surface area contributed by atoms with Gasteiger partial charge in [-0.1, -0.05) is 13.0 Å². The van der Waals surface area contributed by atoms with Gasteiger partial charge in [0.15, 0.2) is 0 Å². The molecule has 0 aliphatic heterocycles. The van der Waals surface area contributed by atoms with Gasteiger partial charge in [0.1, 0.15) is 0 Å². The zero-order valence-electron chi connectivity index (χ0n) is 6.02. The van der Waals surface area contributed by atoms with E-state index in [4.69, 9.17) is 5.73 Å². The fourth-order valence-electron chi connectivity index (χ4n) is 0.296. The van der Waals surface area contributed by atoms with Gasteiger partial charge in [0.2, 0.25) is 0 Å². The van der Waals surface area contributed by atoms with E-state index in [1.54, 1.807) is 6.20 Å². The van der Waals surface area contributed by atoms with E-state index in [0.717, 1.165) is 13.1 Å². The molecule has 0 aliphatic rings. The molecule has 0 aromatic heterocycles. The SMILES string of the molecule is CCNC/C=C\N.CF. The van der Waals surface area contributed by atoms with Crippen molar-refractivity contribution in [3.63, 3.8) is 0 Å². The molecule has 9 heavy (non-hydrogen) atoms. The first-order valence-electron chi connectivity index (χ1n) is 2.87. The number of rotatable bonds is 3. The predicted octanol–water partition coefficient (Wildman–Crippen LogP) is 0.654. The van der Waals surface area contributed by atoms with Crippen LogP contribution in [0.2, 0.25) is 0 Å². The summed E-state index contributed by atoms with van der Waals surface area (Å²) in [5.74, 6) is 0. The quantitative estimate of drug-likeness (QED) is 0.556. The maximum absolute atomic E-state index is 9.50. The van der Waals surface area contributed by atoms with Crippen molar-refractivity contribution in [1.29, 1.82) is 0 Å². The molecule has 0 aromatic carbocycles. The van der Waals surface area contributed by atoms with Crippen molar-refractivity contribution in [2.24, 2.45) is 5.73 Å². The van der Waals surface area contributed by atoms with Gasteiger partial charge in [-0.3, -0.25) is 4.39 Å². The molecule has 2 nitrogen and oxygen atoms in total. The molecule has 0 saturated carbocycles. The second kappa shape index (κ2) is 15.7. The molecule has 0 atom stereocenters. The number of halogens is 1. The second-order valence-corrected chi connectivity index (χ2v) is 1.24. The molecule has 56 valence electrons. The third-order valence-electron chi connectivity index (χ3n) is 0.648. The topological polar surface area (TPSA) is 38.0 Å². The van der Waals surface area contributed by atoms with Crippen molar-refractivity contribution < 1.29 is 4.39 Å². The van der Waals surface area contributed by atoms with Crippen LogP contribution in [0, 0.1) is 0 Å². The highest BCUT2D eigenvalue weighted by Crippen LogP contribution is 1.58. The first kappa shape index (κ1) is 11.3. The molecule has 0 fully saturated rings. The van der Waals surface area contributed by atoms with E-state index in [9.17, 15) is 4.39 Å². The second-order valence-electron chi connectivity index (χ2n) is 1.24. The number of nitrogens with two attached hydrogens (primary N) is 1. The lowest BCUT2D eigenvalue weighted by Crippen LogP contribution is -2.11. The van der Waals surface area contributed by atoms with Gasteiger partial charge >= 0.3 is 0 Å². The van der Waals surface area contributed by atoms with Gasteiger partial charge in [-0.15, -0.1) is 0 Å². The first-order valence-corrected chi connectivity index (χ1v) is 2.87. The van der Waals surface area contributed by atoms with Crippen molar-refractivity contribution in [2.45, 2.75) is 6.92 Å². The van der Waals surface area contributed by atoms with Crippen molar-refractivity contribution in [3.05, 3.63) is 12.3 Å². The van der Waals surface area contributed by atoms with Gasteiger partial charge in [-0.25, -0.2) is 0 Å². The zero-order chi connectivity index (χ0) is 7.54. The lowest BCUT2D eigenvalue weighted by molar-refractivity contribution is 0.636. The normalized spacial score (nSPS) is 8.78. The van der Waals surface area contributed by atoms with Gasteiger partial charge in [0.25, 0.3) is 0 Å². The number of nitrogens with one attached hydrogen (secondary N) is 1. The predicted molar refractivity (Wildman–Crippen MR) is 38.9 cm³/mol. The van der Waals surface area contributed by atoms with Gasteiger partial charge < -0.3 is 11.1 Å². The highest BCUT2D eigenvalue weighted by Gasteiger charge is 1.69. The Morgan fingerprint density at radius 2 is 2.11 bits per heavy atom. The van der Waals surface area contributed by atoms with Crippen LogP contribution in [0.4, 0.5) is 4.39 Å². The molecular weight excluding hydrogens is 119 g/mol. The molecular formula is C6H15FN2. The average molecular weight is 134 g/mol. The minimum atomic E-state index is 0.500. The summed E-state index contributed by atoms with van der Waals surface area (Å²) >= 11 is 0.